The van der Waals surface area contributed by atoms with Gasteiger partial charge >= 0.3 is 0 Å². The maximum atomic E-state index is 6.00. The zero-order valence-electron chi connectivity index (χ0n) is 13.1. The minimum absolute atomic E-state index is 0.674. The topological polar surface area (TPSA) is 41.4 Å². The van der Waals surface area contributed by atoms with E-state index in [0.717, 1.165) is 30.5 Å². The second-order valence-corrected chi connectivity index (χ2v) is 5.62. The van der Waals surface area contributed by atoms with Crippen LogP contribution in [0.1, 0.15) is 18.1 Å². The predicted molar refractivity (Wildman–Crippen MR) is 93.4 cm³/mol. The first-order valence-electron chi connectivity index (χ1n) is 7.55. The van der Waals surface area contributed by atoms with Crippen LogP contribution in [0.5, 0.6) is 0 Å². The number of guanidine groups is 1. The van der Waals surface area contributed by atoms with Crippen molar-refractivity contribution >= 4 is 17.6 Å². The van der Waals surface area contributed by atoms with E-state index in [2.05, 4.69) is 40.9 Å². The summed E-state index contributed by atoms with van der Waals surface area (Å²) in [6, 6.07) is 10.0. The molecule has 0 bridgehead atoms. The largest absolute Gasteiger partial charge is 0.357 e. The lowest BCUT2D eigenvalue weighted by atomic mass is 10.1. The maximum Gasteiger partial charge on any atom is 0.191 e. The Hall–Kier alpha value is -1.94. The third-order valence-electron chi connectivity index (χ3n) is 3.25. The highest BCUT2D eigenvalue weighted by Crippen LogP contribution is 2.10. The molecule has 1 aromatic heterocycles. The molecule has 0 aliphatic heterocycles. The summed E-state index contributed by atoms with van der Waals surface area (Å²) < 4.78 is 2.03. The van der Waals surface area contributed by atoms with Gasteiger partial charge in [0, 0.05) is 37.6 Å². The summed E-state index contributed by atoms with van der Waals surface area (Å²) in [5.74, 6) is 0.841. The van der Waals surface area contributed by atoms with E-state index in [-0.39, 0.29) is 0 Å². The quantitative estimate of drug-likeness (QED) is 0.635. The Morgan fingerprint density at radius 2 is 2.09 bits per heavy atom. The normalized spacial score (nSPS) is 11.5. The van der Waals surface area contributed by atoms with Crippen molar-refractivity contribution in [1.29, 1.82) is 0 Å². The van der Waals surface area contributed by atoms with Gasteiger partial charge < -0.3 is 15.2 Å². The molecule has 4 nitrogen and oxygen atoms in total. The lowest BCUT2D eigenvalue weighted by Crippen LogP contribution is -2.38. The lowest BCUT2D eigenvalue weighted by molar-refractivity contribution is 0.799. The second-order valence-electron chi connectivity index (χ2n) is 5.19. The molecule has 2 aromatic rings. The zero-order chi connectivity index (χ0) is 15.8. The van der Waals surface area contributed by atoms with Gasteiger partial charge in [0.2, 0.25) is 0 Å². The summed E-state index contributed by atoms with van der Waals surface area (Å²) in [6.07, 6.45) is 5.03. The highest BCUT2D eigenvalue weighted by Gasteiger charge is 1.99. The van der Waals surface area contributed by atoms with Crippen LogP contribution in [-0.2, 0) is 20.0 Å². The summed E-state index contributed by atoms with van der Waals surface area (Å²) in [5.41, 5.74) is 2.42. The first kappa shape index (κ1) is 16.4. The molecule has 0 saturated carbocycles. The number of benzene rings is 1. The van der Waals surface area contributed by atoms with Crippen LogP contribution in [0, 0.1) is 0 Å². The molecule has 1 heterocycles. The molecular weight excluding hydrogens is 296 g/mol. The molecule has 5 heteroatoms. The molecule has 0 fully saturated rings. The fourth-order valence-corrected chi connectivity index (χ4v) is 2.40. The first-order chi connectivity index (χ1) is 10.7. The number of nitrogens with zero attached hydrogens (tertiary/aromatic N) is 2. The minimum Gasteiger partial charge on any atom is -0.357 e. The number of aromatic nitrogens is 1. The minimum atomic E-state index is 0.674. The van der Waals surface area contributed by atoms with E-state index in [4.69, 9.17) is 11.6 Å². The number of halogens is 1. The SMILES string of the molecule is CCNC(=NCc1ccn(C)c1)NCCc1cccc(Cl)c1. The molecule has 0 aliphatic rings. The zero-order valence-corrected chi connectivity index (χ0v) is 13.9. The van der Waals surface area contributed by atoms with Crippen LogP contribution in [0.15, 0.2) is 47.7 Å². The van der Waals surface area contributed by atoms with E-state index in [1.807, 2.05) is 36.0 Å². The molecule has 118 valence electrons. The van der Waals surface area contributed by atoms with Gasteiger partial charge in [-0.3, -0.25) is 0 Å². The Bertz CT molecular complexity index is 619. The third kappa shape index (κ3) is 5.45. The van der Waals surface area contributed by atoms with Gasteiger partial charge in [-0.05, 0) is 42.7 Å². The van der Waals surface area contributed by atoms with Crippen molar-refractivity contribution in [3.63, 3.8) is 0 Å². The van der Waals surface area contributed by atoms with Crippen molar-refractivity contribution in [2.24, 2.45) is 12.0 Å². The van der Waals surface area contributed by atoms with E-state index in [1.165, 1.54) is 11.1 Å². The Morgan fingerprint density at radius 1 is 1.23 bits per heavy atom. The molecule has 1 aromatic carbocycles. The van der Waals surface area contributed by atoms with Gasteiger partial charge in [-0.1, -0.05) is 23.7 Å². The third-order valence-corrected chi connectivity index (χ3v) is 3.49. The highest BCUT2D eigenvalue weighted by atomic mass is 35.5. The smallest absolute Gasteiger partial charge is 0.191 e. The second kappa shape index (κ2) is 8.49. The van der Waals surface area contributed by atoms with Gasteiger partial charge in [-0.15, -0.1) is 0 Å². The summed E-state index contributed by atoms with van der Waals surface area (Å²) in [7, 11) is 2.02. The standard InChI is InChI=1S/C17H23ClN4/c1-3-19-17(21-12-15-8-10-22(2)13-15)20-9-7-14-5-4-6-16(18)11-14/h4-6,8,10-11,13H,3,7,9,12H2,1-2H3,(H2,19,20,21). The summed E-state index contributed by atoms with van der Waals surface area (Å²) in [5, 5.41) is 7.40. The summed E-state index contributed by atoms with van der Waals surface area (Å²) in [6.45, 7) is 4.41. The number of aryl methyl sites for hydroxylation is 1. The van der Waals surface area contributed by atoms with Crippen LogP contribution in [0.2, 0.25) is 5.02 Å². The molecule has 22 heavy (non-hydrogen) atoms. The first-order valence-corrected chi connectivity index (χ1v) is 7.92. The monoisotopic (exact) mass is 318 g/mol. The average molecular weight is 319 g/mol. The molecule has 2 rings (SSSR count). The van der Waals surface area contributed by atoms with Gasteiger partial charge in [0.05, 0.1) is 6.54 Å². The van der Waals surface area contributed by atoms with Crippen LogP contribution in [0.25, 0.3) is 0 Å². The Morgan fingerprint density at radius 3 is 2.77 bits per heavy atom. The van der Waals surface area contributed by atoms with Crippen molar-refractivity contribution in [2.75, 3.05) is 13.1 Å². The molecule has 0 radical (unpaired) electrons. The molecule has 0 aliphatic carbocycles. The Labute approximate surface area is 137 Å². The highest BCUT2D eigenvalue weighted by molar-refractivity contribution is 6.30. The van der Waals surface area contributed by atoms with Gasteiger partial charge in [0.1, 0.15) is 0 Å². The Balaban J connectivity index is 1.85. The van der Waals surface area contributed by atoms with Crippen LogP contribution in [-0.4, -0.2) is 23.6 Å². The van der Waals surface area contributed by atoms with Crippen molar-refractivity contribution in [3.8, 4) is 0 Å². The molecule has 0 atom stereocenters. The van der Waals surface area contributed by atoms with E-state index in [1.54, 1.807) is 0 Å². The van der Waals surface area contributed by atoms with Gasteiger partial charge in [-0.25, -0.2) is 4.99 Å². The fraction of sp³-hybridized carbons (Fsp3) is 0.353. The van der Waals surface area contributed by atoms with Crippen molar-refractivity contribution in [3.05, 3.63) is 58.9 Å². The predicted octanol–water partition coefficient (Wildman–Crippen LogP) is 2.98. The van der Waals surface area contributed by atoms with Gasteiger partial charge in [0.15, 0.2) is 5.96 Å². The number of nitrogens with one attached hydrogen (secondary N) is 2. The molecular formula is C17H23ClN4. The van der Waals surface area contributed by atoms with E-state index in [9.17, 15) is 0 Å². The van der Waals surface area contributed by atoms with Crippen LogP contribution >= 0.6 is 11.6 Å². The average Bonchev–Trinajstić information content (AvgIpc) is 2.90. The number of aliphatic imine (C=N–C) groups is 1. The van der Waals surface area contributed by atoms with E-state index < -0.39 is 0 Å². The molecule has 0 saturated heterocycles. The van der Waals surface area contributed by atoms with Gasteiger partial charge in [-0.2, -0.15) is 0 Å². The number of rotatable bonds is 6. The summed E-state index contributed by atoms with van der Waals surface area (Å²) >= 11 is 6.00. The van der Waals surface area contributed by atoms with Crippen molar-refractivity contribution < 1.29 is 0 Å². The maximum absolute atomic E-state index is 6.00. The van der Waals surface area contributed by atoms with E-state index >= 15 is 0 Å². The van der Waals surface area contributed by atoms with Crippen LogP contribution < -0.4 is 10.6 Å². The van der Waals surface area contributed by atoms with Crippen molar-refractivity contribution in [2.45, 2.75) is 19.9 Å². The molecule has 0 amide bonds. The van der Waals surface area contributed by atoms with Gasteiger partial charge in [0.25, 0.3) is 0 Å². The lowest BCUT2D eigenvalue weighted by Gasteiger charge is -2.11. The number of hydrogen-bond donors (Lipinski definition) is 2. The van der Waals surface area contributed by atoms with Crippen LogP contribution in [0.4, 0.5) is 0 Å². The number of hydrogen-bond acceptors (Lipinski definition) is 1. The summed E-state index contributed by atoms with van der Waals surface area (Å²) in [4.78, 5) is 4.60. The Kier molecular flexibility index (Phi) is 6.34. The van der Waals surface area contributed by atoms with Crippen molar-refractivity contribution in [1.82, 2.24) is 15.2 Å². The molecule has 0 unspecified atom stereocenters. The van der Waals surface area contributed by atoms with E-state index in [0.29, 0.717) is 6.54 Å². The fourth-order valence-electron chi connectivity index (χ4n) is 2.18. The molecule has 2 N–H and O–H groups in total. The molecule has 0 spiro atoms. The van der Waals surface area contributed by atoms with Crippen LogP contribution in [0.3, 0.4) is 0 Å².